The molecule has 110 valence electrons. The average molecular weight is 282 g/mol. The molecule has 0 atom stereocenters. The quantitative estimate of drug-likeness (QED) is 0.491. The SMILES string of the molecule is COCCNC(=O)CCNc1ncc(N)cc1C(=O)O. The lowest BCUT2D eigenvalue weighted by Gasteiger charge is -2.09. The predicted molar refractivity (Wildman–Crippen MR) is 73.6 cm³/mol. The first-order valence-corrected chi connectivity index (χ1v) is 6.03. The summed E-state index contributed by atoms with van der Waals surface area (Å²) in [6.07, 6.45) is 1.56. The van der Waals surface area contributed by atoms with Crippen LogP contribution in [0.3, 0.4) is 0 Å². The Morgan fingerprint density at radius 2 is 2.20 bits per heavy atom. The van der Waals surface area contributed by atoms with Crippen molar-refractivity contribution >= 4 is 23.4 Å². The van der Waals surface area contributed by atoms with E-state index in [1.165, 1.54) is 12.3 Å². The van der Waals surface area contributed by atoms with E-state index in [0.717, 1.165) is 0 Å². The number of hydrogen-bond acceptors (Lipinski definition) is 6. The van der Waals surface area contributed by atoms with Gasteiger partial charge in [0.05, 0.1) is 18.5 Å². The first-order valence-electron chi connectivity index (χ1n) is 6.03. The molecular weight excluding hydrogens is 264 g/mol. The molecule has 0 unspecified atom stereocenters. The van der Waals surface area contributed by atoms with Crippen LogP contribution in [0, 0.1) is 0 Å². The van der Waals surface area contributed by atoms with E-state index in [4.69, 9.17) is 15.6 Å². The van der Waals surface area contributed by atoms with Gasteiger partial charge in [-0.25, -0.2) is 9.78 Å². The van der Waals surface area contributed by atoms with Crippen LogP contribution >= 0.6 is 0 Å². The van der Waals surface area contributed by atoms with Gasteiger partial charge in [0.1, 0.15) is 11.4 Å². The number of carbonyl (C=O) groups is 2. The summed E-state index contributed by atoms with van der Waals surface area (Å²) in [7, 11) is 1.55. The topological polar surface area (TPSA) is 127 Å². The van der Waals surface area contributed by atoms with Gasteiger partial charge in [-0.2, -0.15) is 0 Å². The maximum Gasteiger partial charge on any atom is 0.339 e. The standard InChI is InChI=1S/C12H18N4O4/c1-20-5-4-14-10(17)2-3-15-11-9(12(18)19)6-8(13)7-16-11/h6-7H,2-5,13H2,1H3,(H,14,17)(H,15,16)(H,18,19). The van der Waals surface area contributed by atoms with Crippen LogP contribution < -0.4 is 16.4 Å². The Labute approximate surface area is 116 Å². The van der Waals surface area contributed by atoms with Crippen molar-refractivity contribution in [1.82, 2.24) is 10.3 Å². The van der Waals surface area contributed by atoms with Crippen molar-refractivity contribution in [1.29, 1.82) is 0 Å². The zero-order chi connectivity index (χ0) is 15.0. The van der Waals surface area contributed by atoms with E-state index in [9.17, 15) is 9.59 Å². The molecule has 0 aliphatic heterocycles. The lowest BCUT2D eigenvalue weighted by atomic mass is 10.2. The summed E-state index contributed by atoms with van der Waals surface area (Å²) in [6.45, 7) is 1.16. The molecule has 0 aliphatic rings. The van der Waals surface area contributed by atoms with Crippen molar-refractivity contribution < 1.29 is 19.4 Å². The number of carbonyl (C=O) groups excluding carboxylic acids is 1. The maximum atomic E-state index is 11.4. The number of aromatic nitrogens is 1. The van der Waals surface area contributed by atoms with Crippen LogP contribution in [0.5, 0.6) is 0 Å². The molecule has 0 saturated heterocycles. The highest BCUT2D eigenvalue weighted by atomic mass is 16.5. The second-order valence-corrected chi connectivity index (χ2v) is 3.99. The van der Waals surface area contributed by atoms with Gasteiger partial charge in [-0.05, 0) is 6.07 Å². The van der Waals surface area contributed by atoms with Crippen molar-refractivity contribution in [2.45, 2.75) is 6.42 Å². The van der Waals surface area contributed by atoms with Crippen LogP contribution in [0.2, 0.25) is 0 Å². The number of hydrogen-bond donors (Lipinski definition) is 4. The minimum absolute atomic E-state index is 0.0233. The van der Waals surface area contributed by atoms with Crippen LogP contribution in [0.4, 0.5) is 11.5 Å². The molecule has 1 aromatic rings. The van der Waals surface area contributed by atoms with Crippen LogP contribution in [0.15, 0.2) is 12.3 Å². The fourth-order valence-electron chi connectivity index (χ4n) is 1.46. The normalized spacial score (nSPS) is 10.1. The highest BCUT2D eigenvalue weighted by Crippen LogP contribution is 2.15. The molecule has 0 aromatic carbocycles. The van der Waals surface area contributed by atoms with E-state index in [2.05, 4.69) is 15.6 Å². The number of rotatable bonds is 8. The van der Waals surface area contributed by atoms with Gasteiger partial charge in [-0.3, -0.25) is 4.79 Å². The van der Waals surface area contributed by atoms with Gasteiger partial charge in [0.15, 0.2) is 0 Å². The number of methoxy groups -OCH3 is 1. The first kappa shape index (κ1) is 15.7. The van der Waals surface area contributed by atoms with E-state index < -0.39 is 5.97 Å². The Morgan fingerprint density at radius 1 is 1.45 bits per heavy atom. The third-order valence-corrected chi connectivity index (χ3v) is 2.41. The number of amides is 1. The number of nitrogens with two attached hydrogens (primary N) is 1. The molecule has 0 spiro atoms. The maximum absolute atomic E-state index is 11.4. The number of nitrogen functional groups attached to an aromatic ring is 1. The van der Waals surface area contributed by atoms with Crippen molar-refractivity contribution in [3.63, 3.8) is 0 Å². The first-order chi connectivity index (χ1) is 9.54. The zero-order valence-corrected chi connectivity index (χ0v) is 11.2. The molecule has 1 aromatic heterocycles. The lowest BCUT2D eigenvalue weighted by Crippen LogP contribution is -2.28. The van der Waals surface area contributed by atoms with Crippen LogP contribution in [0.25, 0.3) is 0 Å². The van der Waals surface area contributed by atoms with E-state index in [-0.39, 0.29) is 35.9 Å². The largest absolute Gasteiger partial charge is 0.478 e. The molecule has 8 nitrogen and oxygen atoms in total. The van der Waals surface area contributed by atoms with Crippen molar-refractivity contribution in [3.05, 3.63) is 17.8 Å². The third-order valence-electron chi connectivity index (χ3n) is 2.41. The van der Waals surface area contributed by atoms with Crippen LogP contribution in [-0.2, 0) is 9.53 Å². The molecule has 0 aliphatic carbocycles. The number of carboxylic acid groups (broad SMARTS) is 1. The van der Waals surface area contributed by atoms with E-state index in [1.54, 1.807) is 7.11 Å². The number of pyridine rings is 1. The molecule has 0 bridgehead atoms. The molecule has 1 rings (SSSR count). The van der Waals surface area contributed by atoms with Crippen LogP contribution in [0.1, 0.15) is 16.8 Å². The summed E-state index contributed by atoms with van der Waals surface area (Å²) < 4.78 is 4.80. The van der Waals surface area contributed by atoms with Gasteiger partial charge in [0, 0.05) is 26.6 Å². The molecule has 8 heteroatoms. The fraction of sp³-hybridized carbons (Fsp3) is 0.417. The summed E-state index contributed by atoms with van der Waals surface area (Å²) in [5.74, 6) is -1.09. The summed E-state index contributed by atoms with van der Waals surface area (Å²) in [5, 5.41) is 14.5. The summed E-state index contributed by atoms with van der Waals surface area (Å²) in [6, 6.07) is 1.32. The molecule has 0 saturated carbocycles. The monoisotopic (exact) mass is 282 g/mol. The molecule has 0 fully saturated rings. The number of anilines is 2. The number of aromatic carboxylic acids is 1. The second kappa shape index (κ2) is 7.95. The highest BCUT2D eigenvalue weighted by molar-refractivity contribution is 5.94. The highest BCUT2D eigenvalue weighted by Gasteiger charge is 2.12. The molecule has 1 amide bonds. The van der Waals surface area contributed by atoms with Gasteiger partial charge >= 0.3 is 5.97 Å². The van der Waals surface area contributed by atoms with E-state index >= 15 is 0 Å². The number of carboxylic acids is 1. The number of nitrogens with zero attached hydrogens (tertiary/aromatic N) is 1. The van der Waals surface area contributed by atoms with Gasteiger partial charge < -0.3 is 26.2 Å². The molecule has 1 heterocycles. The van der Waals surface area contributed by atoms with Gasteiger partial charge in [-0.1, -0.05) is 0 Å². The Kier molecular flexibility index (Phi) is 6.24. The summed E-state index contributed by atoms with van der Waals surface area (Å²) in [4.78, 5) is 26.3. The Balaban J connectivity index is 2.46. The van der Waals surface area contributed by atoms with Gasteiger partial charge in [0.25, 0.3) is 0 Å². The van der Waals surface area contributed by atoms with Gasteiger partial charge in [-0.15, -0.1) is 0 Å². The van der Waals surface area contributed by atoms with E-state index in [0.29, 0.717) is 13.2 Å². The molecule has 0 radical (unpaired) electrons. The van der Waals surface area contributed by atoms with Crippen molar-refractivity contribution in [3.8, 4) is 0 Å². The van der Waals surface area contributed by atoms with Crippen molar-refractivity contribution in [2.24, 2.45) is 0 Å². The Hall–Kier alpha value is -2.35. The fourth-order valence-corrected chi connectivity index (χ4v) is 1.46. The molecule has 5 N–H and O–H groups in total. The number of ether oxygens (including phenoxy) is 1. The van der Waals surface area contributed by atoms with Crippen molar-refractivity contribution in [2.75, 3.05) is 37.9 Å². The predicted octanol–water partition coefficient (Wildman–Crippen LogP) is -0.0734. The van der Waals surface area contributed by atoms with Crippen LogP contribution in [-0.4, -0.2) is 48.8 Å². The molecular formula is C12H18N4O4. The second-order valence-electron chi connectivity index (χ2n) is 3.99. The minimum atomic E-state index is -1.13. The number of nitrogens with one attached hydrogen (secondary N) is 2. The third kappa shape index (κ3) is 5.11. The summed E-state index contributed by atoms with van der Waals surface area (Å²) in [5.41, 5.74) is 5.73. The molecule has 20 heavy (non-hydrogen) atoms. The summed E-state index contributed by atoms with van der Waals surface area (Å²) >= 11 is 0. The zero-order valence-electron chi connectivity index (χ0n) is 11.2. The Morgan fingerprint density at radius 3 is 2.85 bits per heavy atom. The average Bonchev–Trinajstić information content (AvgIpc) is 2.40. The minimum Gasteiger partial charge on any atom is -0.478 e. The smallest absolute Gasteiger partial charge is 0.339 e. The van der Waals surface area contributed by atoms with E-state index in [1.807, 2.05) is 0 Å². The van der Waals surface area contributed by atoms with Gasteiger partial charge in [0.2, 0.25) is 5.91 Å². The Bertz CT molecular complexity index is 479. The lowest BCUT2D eigenvalue weighted by molar-refractivity contribution is -0.121.